The molecule has 0 bridgehead atoms. The highest BCUT2D eigenvalue weighted by molar-refractivity contribution is 5.35. The fourth-order valence-electron chi connectivity index (χ4n) is 1.32. The second-order valence-electron chi connectivity index (χ2n) is 3.45. The largest absolute Gasteiger partial charge is 0.403 e. The first-order chi connectivity index (χ1) is 7.47. The molecule has 0 aromatic carbocycles. The van der Waals surface area contributed by atoms with E-state index in [4.69, 9.17) is 5.73 Å². The Bertz CT molecular complexity index is 491. The third-order valence-corrected chi connectivity index (χ3v) is 2.18. The van der Waals surface area contributed by atoms with Crippen molar-refractivity contribution in [3.8, 4) is 0 Å². The first-order valence-corrected chi connectivity index (χ1v) is 4.57. The van der Waals surface area contributed by atoms with Crippen molar-refractivity contribution in [1.82, 2.24) is 14.6 Å². The molecule has 2 rings (SSSR count). The Hall–Kier alpha value is -1.63. The molecule has 0 aliphatic rings. The van der Waals surface area contributed by atoms with Crippen molar-refractivity contribution in [3.63, 3.8) is 0 Å². The summed E-state index contributed by atoms with van der Waals surface area (Å²) in [6, 6.07) is -0.213. The van der Waals surface area contributed by atoms with Crippen molar-refractivity contribution < 1.29 is 13.2 Å². The minimum atomic E-state index is -4.39. The van der Waals surface area contributed by atoms with Crippen LogP contribution in [-0.2, 0) is 6.42 Å². The number of aromatic nitrogens is 3. The van der Waals surface area contributed by atoms with E-state index in [-0.39, 0.29) is 6.42 Å². The van der Waals surface area contributed by atoms with Gasteiger partial charge in [0.1, 0.15) is 6.04 Å². The second-order valence-corrected chi connectivity index (χ2v) is 3.45. The van der Waals surface area contributed by atoms with Crippen molar-refractivity contribution in [2.45, 2.75) is 18.6 Å². The van der Waals surface area contributed by atoms with Gasteiger partial charge in [0.2, 0.25) is 0 Å². The van der Waals surface area contributed by atoms with Crippen LogP contribution in [0.4, 0.5) is 13.2 Å². The molecule has 16 heavy (non-hydrogen) atoms. The molecular formula is C9H9F3N4. The molecule has 0 spiro atoms. The SMILES string of the molecule is NC(Cc1cnc2ccnn2c1)C(F)(F)F. The predicted octanol–water partition coefficient (Wildman–Crippen LogP) is 1.16. The standard InChI is InChI=1S/C9H9F3N4/c10-9(11,12)7(13)3-6-4-14-8-1-2-15-16(8)5-6/h1-2,4-5,7H,3,13H2. The van der Waals surface area contributed by atoms with Gasteiger partial charge in [-0.05, 0) is 12.0 Å². The summed E-state index contributed by atoms with van der Waals surface area (Å²) in [5, 5.41) is 3.88. The molecule has 1 unspecified atom stereocenters. The van der Waals surface area contributed by atoms with Crippen LogP contribution in [0, 0.1) is 0 Å². The topological polar surface area (TPSA) is 56.2 Å². The molecule has 0 aliphatic carbocycles. The molecule has 0 aliphatic heterocycles. The molecule has 0 saturated carbocycles. The van der Waals surface area contributed by atoms with Gasteiger partial charge in [-0.2, -0.15) is 18.3 Å². The summed E-state index contributed by atoms with van der Waals surface area (Å²) in [6.45, 7) is 0. The number of rotatable bonds is 2. The lowest BCUT2D eigenvalue weighted by Gasteiger charge is -2.14. The maximum Gasteiger partial charge on any atom is 0.403 e. The highest BCUT2D eigenvalue weighted by atomic mass is 19.4. The van der Waals surface area contributed by atoms with E-state index in [0.29, 0.717) is 11.2 Å². The highest BCUT2D eigenvalue weighted by Gasteiger charge is 2.36. The van der Waals surface area contributed by atoms with Gasteiger partial charge in [-0.3, -0.25) is 0 Å². The van der Waals surface area contributed by atoms with Crippen molar-refractivity contribution in [2.24, 2.45) is 5.73 Å². The number of hydrogen-bond donors (Lipinski definition) is 1. The van der Waals surface area contributed by atoms with Gasteiger partial charge in [0.15, 0.2) is 5.65 Å². The van der Waals surface area contributed by atoms with E-state index < -0.39 is 12.2 Å². The zero-order valence-electron chi connectivity index (χ0n) is 8.15. The quantitative estimate of drug-likeness (QED) is 0.842. The normalized spacial score (nSPS) is 14.2. The summed E-state index contributed by atoms with van der Waals surface area (Å²) in [4.78, 5) is 3.95. The molecule has 0 amide bonds. The third kappa shape index (κ3) is 2.13. The summed E-state index contributed by atoms with van der Waals surface area (Å²) in [5.74, 6) is 0. The highest BCUT2D eigenvalue weighted by Crippen LogP contribution is 2.21. The lowest BCUT2D eigenvalue weighted by molar-refractivity contribution is -0.147. The van der Waals surface area contributed by atoms with Crippen molar-refractivity contribution >= 4 is 5.65 Å². The van der Waals surface area contributed by atoms with Crippen LogP contribution < -0.4 is 5.73 Å². The molecule has 2 aromatic rings. The van der Waals surface area contributed by atoms with Gasteiger partial charge in [-0.25, -0.2) is 9.50 Å². The summed E-state index contributed by atoms with van der Waals surface area (Å²) in [7, 11) is 0. The first kappa shape index (κ1) is 10.9. The number of halogens is 3. The Balaban J connectivity index is 2.21. The number of hydrogen-bond acceptors (Lipinski definition) is 3. The average Bonchev–Trinajstić information content (AvgIpc) is 2.63. The summed E-state index contributed by atoms with van der Waals surface area (Å²) in [5.41, 5.74) is 6.01. The van der Waals surface area contributed by atoms with Crippen molar-refractivity contribution in [2.75, 3.05) is 0 Å². The number of fused-ring (bicyclic) bond motifs is 1. The second kappa shape index (κ2) is 3.75. The smallest absolute Gasteiger partial charge is 0.320 e. The summed E-state index contributed by atoms with van der Waals surface area (Å²) in [6.07, 6.45) is -0.294. The van der Waals surface area contributed by atoms with Crippen LogP contribution in [0.1, 0.15) is 5.56 Å². The van der Waals surface area contributed by atoms with Gasteiger partial charge in [-0.15, -0.1) is 0 Å². The maximum atomic E-state index is 12.2. The molecule has 0 radical (unpaired) electrons. The van der Waals surface area contributed by atoms with Gasteiger partial charge in [0, 0.05) is 18.5 Å². The Kier molecular flexibility index (Phi) is 2.55. The van der Waals surface area contributed by atoms with E-state index in [1.807, 2.05) is 0 Å². The zero-order chi connectivity index (χ0) is 11.8. The lowest BCUT2D eigenvalue weighted by atomic mass is 10.1. The van der Waals surface area contributed by atoms with E-state index in [1.54, 1.807) is 6.07 Å². The minimum absolute atomic E-state index is 0.299. The van der Waals surface area contributed by atoms with Gasteiger partial charge < -0.3 is 5.73 Å². The Labute approximate surface area is 88.9 Å². The minimum Gasteiger partial charge on any atom is -0.320 e. The van der Waals surface area contributed by atoms with Crippen molar-refractivity contribution in [3.05, 3.63) is 30.2 Å². The van der Waals surface area contributed by atoms with Crippen LogP contribution in [0.3, 0.4) is 0 Å². The predicted molar refractivity (Wildman–Crippen MR) is 50.7 cm³/mol. The molecular weight excluding hydrogens is 221 g/mol. The number of nitrogens with zero attached hydrogens (tertiary/aromatic N) is 3. The summed E-state index contributed by atoms with van der Waals surface area (Å²) < 4.78 is 38.1. The van der Waals surface area contributed by atoms with Crippen LogP contribution >= 0.6 is 0 Å². The number of alkyl halides is 3. The molecule has 86 valence electrons. The third-order valence-electron chi connectivity index (χ3n) is 2.18. The van der Waals surface area contributed by atoms with E-state index in [9.17, 15) is 13.2 Å². The Morgan fingerprint density at radius 2 is 2.19 bits per heavy atom. The molecule has 1 atom stereocenters. The van der Waals surface area contributed by atoms with Gasteiger partial charge in [-0.1, -0.05) is 0 Å². The lowest BCUT2D eigenvalue weighted by Crippen LogP contribution is -2.39. The van der Waals surface area contributed by atoms with E-state index in [0.717, 1.165) is 0 Å². The van der Waals surface area contributed by atoms with Crippen LogP contribution in [0.5, 0.6) is 0 Å². The molecule has 2 N–H and O–H groups in total. The average molecular weight is 230 g/mol. The number of nitrogens with two attached hydrogens (primary N) is 1. The molecule has 0 fully saturated rings. The molecule has 2 aromatic heterocycles. The van der Waals surface area contributed by atoms with E-state index >= 15 is 0 Å². The fraction of sp³-hybridized carbons (Fsp3) is 0.333. The van der Waals surface area contributed by atoms with Crippen LogP contribution in [0.15, 0.2) is 24.7 Å². The van der Waals surface area contributed by atoms with Gasteiger partial charge in [0.05, 0.1) is 6.20 Å². The van der Waals surface area contributed by atoms with Crippen molar-refractivity contribution in [1.29, 1.82) is 0 Å². The van der Waals surface area contributed by atoms with Crippen LogP contribution in [0.2, 0.25) is 0 Å². The monoisotopic (exact) mass is 230 g/mol. The molecule has 0 saturated heterocycles. The molecule has 7 heteroatoms. The van der Waals surface area contributed by atoms with E-state index in [2.05, 4.69) is 10.1 Å². The molecule has 2 heterocycles. The first-order valence-electron chi connectivity index (χ1n) is 4.57. The Morgan fingerprint density at radius 3 is 2.88 bits per heavy atom. The Morgan fingerprint density at radius 1 is 1.44 bits per heavy atom. The molecule has 4 nitrogen and oxygen atoms in total. The maximum absolute atomic E-state index is 12.2. The van der Waals surface area contributed by atoms with Gasteiger partial charge >= 0.3 is 6.18 Å². The summed E-state index contributed by atoms with van der Waals surface area (Å²) >= 11 is 0. The van der Waals surface area contributed by atoms with Crippen LogP contribution in [-0.4, -0.2) is 26.8 Å². The van der Waals surface area contributed by atoms with Crippen LogP contribution in [0.25, 0.3) is 5.65 Å². The fourth-order valence-corrected chi connectivity index (χ4v) is 1.32. The van der Waals surface area contributed by atoms with E-state index in [1.165, 1.54) is 23.1 Å². The zero-order valence-corrected chi connectivity index (χ0v) is 8.15. The van der Waals surface area contributed by atoms with Gasteiger partial charge in [0.25, 0.3) is 0 Å².